The molecule has 0 radical (unpaired) electrons. The molecule has 9 nitrogen and oxygen atoms in total. The first-order valence-corrected chi connectivity index (χ1v) is 4.58. The summed E-state index contributed by atoms with van der Waals surface area (Å²) in [5, 5.41) is 17.5. The quantitative estimate of drug-likeness (QED) is 0.525. The number of H-pyrrole nitrogens is 1. The van der Waals surface area contributed by atoms with Gasteiger partial charge in [0.1, 0.15) is 0 Å². The fourth-order valence-electron chi connectivity index (χ4n) is 0.841. The molecule has 0 aliphatic rings. The number of rotatable bonds is 4. The summed E-state index contributed by atoms with van der Waals surface area (Å²) in [5.41, 5.74) is 0. The van der Waals surface area contributed by atoms with Gasteiger partial charge in [-0.2, -0.15) is 5.21 Å². The fraction of sp³-hybridized carbons (Fsp3) is 0.571. The summed E-state index contributed by atoms with van der Waals surface area (Å²) in [6, 6.07) is -0.214. The molecule has 0 unspecified atom stereocenters. The van der Waals surface area contributed by atoms with E-state index in [1.54, 1.807) is 14.1 Å². The first-order chi connectivity index (χ1) is 7.61. The lowest BCUT2D eigenvalue weighted by atomic mass is 10.5. The molecule has 9 heteroatoms. The summed E-state index contributed by atoms with van der Waals surface area (Å²) in [6.07, 6.45) is 0. The van der Waals surface area contributed by atoms with Gasteiger partial charge in [0.2, 0.25) is 0 Å². The predicted octanol–water partition coefficient (Wildman–Crippen LogP) is -1.80. The molecule has 0 saturated carbocycles. The number of aromatic amines is 1. The fourth-order valence-corrected chi connectivity index (χ4v) is 0.841. The number of amides is 3. The maximum atomic E-state index is 11.3. The van der Waals surface area contributed by atoms with Gasteiger partial charge in [0.15, 0.2) is 0 Å². The van der Waals surface area contributed by atoms with Gasteiger partial charge in [0, 0.05) is 27.2 Å². The standard InChI is InChI=1S/C7H13N7O2/c1-14(2)7(16)9-4-3-8-6(15)5-10-12-13-11-5/h3-4H2,1-2H3,(H,8,15)(H,9,16)(H,10,11,12,13). The van der Waals surface area contributed by atoms with Crippen LogP contribution >= 0.6 is 0 Å². The van der Waals surface area contributed by atoms with E-state index >= 15 is 0 Å². The SMILES string of the molecule is CN(C)C(=O)NCCNC(=O)c1nn[nH]n1. The molecule has 0 bridgehead atoms. The summed E-state index contributed by atoms with van der Waals surface area (Å²) >= 11 is 0. The van der Waals surface area contributed by atoms with Crippen LogP contribution in [0.15, 0.2) is 0 Å². The Kier molecular flexibility index (Phi) is 4.18. The lowest BCUT2D eigenvalue weighted by Crippen LogP contribution is -2.39. The molecule has 1 aromatic rings. The normalized spacial score (nSPS) is 9.62. The van der Waals surface area contributed by atoms with E-state index in [1.165, 1.54) is 4.90 Å². The Bertz CT molecular complexity index is 348. The van der Waals surface area contributed by atoms with E-state index in [9.17, 15) is 9.59 Å². The topological polar surface area (TPSA) is 116 Å². The minimum Gasteiger partial charge on any atom is -0.347 e. The van der Waals surface area contributed by atoms with Gasteiger partial charge in [-0.25, -0.2) is 4.79 Å². The highest BCUT2D eigenvalue weighted by molar-refractivity contribution is 5.90. The number of tetrazole rings is 1. The maximum Gasteiger partial charge on any atom is 0.316 e. The highest BCUT2D eigenvalue weighted by Gasteiger charge is 2.09. The van der Waals surface area contributed by atoms with E-state index in [0.717, 1.165) is 0 Å². The zero-order valence-electron chi connectivity index (χ0n) is 9.02. The van der Waals surface area contributed by atoms with Crippen LogP contribution in [0.4, 0.5) is 4.79 Å². The van der Waals surface area contributed by atoms with Crippen molar-refractivity contribution in [1.82, 2.24) is 36.2 Å². The number of nitrogens with one attached hydrogen (secondary N) is 3. The molecule has 0 aliphatic carbocycles. The second-order valence-electron chi connectivity index (χ2n) is 3.12. The molecule has 3 amide bonds. The van der Waals surface area contributed by atoms with Crippen molar-refractivity contribution < 1.29 is 9.59 Å². The van der Waals surface area contributed by atoms with Crippen LogP contribution in [0.2, 0.25) is 0 Å². The van der Waals surface area contributed by atoms with Crippen molar-refractivity contribution in [3.8, 4) is 0 Å². The zero-order valence-corrected chi connectivity index (χ0v) is 9.02. The van der Waals surface area contributed by atoms with Gasteiger partial charge < -0.3 is 15.5 Å². The molecule has 1 heterocycles. The molecule has 3 N–H and O–H groups in total. The molecule has 0 spiro atoms. The Labute approximate surface area is 91.6 Å². The van der Waals surface area contributed by atoms with Crippen LogP contribution in [-0.4, -0.2) is 64.6 Å². The summed E-state index contributed by atoms with van der Waals surface area (Å²) in [7, 11) is 3.26. The van der Waals surface area contributed by atoms with Crippen molar-refractivity contribution in [2.45, 2.75) is 0 Å². The molecule has 0 aliphatic heterocycles. The van der Waals surface area contributed by atoms with Crippen LogP contribution < -0.4 is 10.6 Å². The first-order valence-electron chi connectivity index (χ1n) is 4.58. The smallest absolute Gasteiger partial charge is 0.316 e. The second-order valence-corrected chi connectivity index (χ2v) is 3.12. The molecule has 0 saturated heterocycles. The summed E-state index contributed by atoms with van der Waals surface area (Å²) in [5.74, 6) is -0.466. The molecule has 0 fully saturated rings. The Balaban J connectivity index is 2.17. The molecule has 0 aromatic carbocycles. The van der Waals surface area contributed by atoms with Gasteiger partial charge in [0.25, 0.3) is 11.7 Å². The zero-order chi connectivity index (χ0) is 12.0. The van der Waals surface area contributed by atoms with Crippen LogP contribution in [0.3, 0.4) is 0 Å². The Morgan fingerprint density at radius 2 is 2.00 bits per heavy atom. The van der Waals surface area contributed by atoms with Gasteiger partial charge in [-0.3, -0.25) is 4.79 Å². The summed E-state index contributed by atoms with van der Waals surface area (Å²) in [4.78, 5) is 23.7. The molecule has 0 atom stereocenters. The number of carbonyl (C=O) groups excluding carboxylic acids is 2. The second kappa shape index (κ2) is 5.63. The highest BCUT2D eigenvalue weighted by Crippen LogP contribution is 1.81. The van der Waals surface area contributed by atoms with E-state index in [-0.39, 0.29) is 11.9 Å². The minimum atomic E-state index is -0.437. The maximum absolute atomic E-state index is 11.3. The van der Waals surface area contributed by atoms with Crippen LogP contribution in [0.5, 0.6) is 0 Å². The van der Waals surface area contributed by atoms with Crippen molar-refractivity contribution in [3.05, 3.63) is 5.82 Å². The van der Waals surface area contributed by atoms with Gasteiger partial charge in [-0.1, -0.05) is 0 Å². The van der Waals surface area contributed by atoms with Crippen LogP contribution in [0.1, 0.15) is 10.6 Å². The van der Waals surface area contributed by atoms with Crippen molar-refractivity contribution in [1.29, 1.82) is 0 Å². The van der Waals surface area contributed by atoms with Crippen LogP contribution in [0.25, 0.3) is 0 Å². The van der Waals surface area contributed by atoms with Gasteiger partial charge >= 0.3 is 6.03 Å². The predicted molar refractivity (Wildman–Crippen MR) is 53.6 cm³/mol. The molecule has 1 rings (SSSR count). The van der Waals surface area contributed by atoms with E-state index in [2.05, 4.69) is 31.3 Å². The largest absolute Gasteiger partial charge is 0.347 e. The highest BCUT2D eigenvalue weighted by atomic mass is 16.2. The summed E-state index contributed by atoms with van der Waals surface area (Å²) < 4.78 is 0. The lowest BCUT2D eigenvalue weighted by Gasteiger charge is -2.11. The van der Waals surface area contributed by atoms with Crippen molar-refractivity contribution in [2.75, 3.05) is 27.2 Å². The number of aromatic nitrogens is 4. The van der Waals surface area contributed by atoms with Crippen molar-refractivity contribution in [2.24, 2.45) is 0 Å². The molecule has 88 valence electrons. The number of urea groups is 1. The first kappa shape index (κ1) is 11.9. The van der Waals surface area contributed by atoms with Gasteiger partial charge in [-0.15, -0.1) is 10.2 Å². The number of carbonyl (C=O) groups is 2. The van der Waals surface area contributed by atoms with E-state index in [1.807, 2.05) is 0 Å². The minimum absolute atomic E-state index is 0.0288. The number of nitrogens with zero attached hydrogens (tertiary/aromatic N) is 4. The van der Waals surface area contributed by atoms with E-state index < -0.39 is 5.91 Å². The summed E-state index contributed by atoms with van der Waals surface area (Å²) in [6.45, 7) is 0.632. The average molecular weight is 227 g/mol. The van der Waals surface area contributed by atoms with Crippen LogP contribution in [0, 0.1) is 0 Å². The van der Waals surface area contributed by atoms with Crippen molar-refractivity contribution >= 4 is 11.9 Å². The molecule has 1 aromatic heterocycles. The molecular formula is C7H13N7O2. The number of hydrogen-bond donors (Lipinski definition) is 3. The molecule has 16 heavy (non-hydrogen) atoms. The van der Waals surface area contributed by atoms with Gasteiger partial charge in [0.05, 0.1) is 0 Å². The Morgan fingerprint density at radius 1 is 1.31 bits per heavy atom. The monoisotopic (exact) mass is 227 g/mol. The number of hydrogen-bond acceptors (Lipinski definition) is 5. The average Bonchev–Trinajstić information content (AvgIpc) is 2.76. The third-order valence-corrected chi connectivity index (χ3v) is 1.64. The van der Waals surface area contributed by atoms with Crippen molar-refractivity contribution in [3.63, 3.8) is 0 Å². The Morgan fingerprint density at radius 3 is 2.56 bits per heavy atom. The molecular weight excluding hydrogens is 214 g/mol. The third kappa shape index (κ3) is 3.52. The lowest BCUT2D eigenvalue weighted by molar-refractivity contribution is 0.0943. The van der Waals surface area contributed by atoms with Crippen LogP contribution in [-0.2, 0) is 0 Å². The third-order valence-electron chi connectivity index (χ3n) is 1.64. The van der Waals surface area contributed by atoms with E-state index in [0.29, 0.717) is 13.1 Å². The van der Waals surface area contributed by atoms with Gasteiger partial charge in [-0.05, 0) is 5.21 Å². The Hall–Kier alpha value is -2.19. The van der Waals surface area contributed by atoms with E-state index in [4.69, 9.17) is 0 Å².